The maximum atomic E-state index is 12.3. The Morgan fingerprint density at radius 3 is 2.53 bits per heavy atom. The van der Waals surface area contributed by atoms with Gasteiger partial charge < -0.3 is 14.4 Å². The van der Waals surface area contributed by atoms with Crippen LogP contribution < -0.4 is 0 Å². The molecule has 0 aliphatic carbocycles. The van der Waals surface area contributed by atoms with Crippen molar-refractivity contribution < 1.29 is 19.1 Å². The summed E-state index contributed by atoms with van der Waals surface area (Å²) >= 11 is 0. The minimum absolute atomic E-state index is 0.238. The van der Waals surface area contributed by atoms with Gasteiger partial charge in [-0.2, -0.15) is 0 Å². The summed E-state index contributed by atoms with van der Waals surface area (Å²) in [6.07, 6.45) is 2.01. The summed E-state index contributed by atoms with van der Waals surface area (Å²) in [5, 5.41) is 0. The molecule has 5 nitrogen and oxygen atoms in total. The molecule has 0 atom stereocenters. The van der Waals surface area contributed by atoms with E-state index in [9.17, 15) is 9.59 Å². The predicted octanol–water partition coefficient (Wildman–Crippen LogP) is 2.14. The summed E-state index contributed by atoms with van der Waals surface area (Å²) in [5.74, 6) is 0.238. The standard InChI is InChI=1S/C14H23NO4/c1-13(2,3)19-12(17)15-7-4-11(16)10-14(15)5-8-18-9-6-14/h4-10H2,1-3H3. The van der Waals surface area contributed by atoms with Crippen molar-refractivity contribution in [2.45, 2.75) is 57.6 Å². The van der Waals surface area contributed by atoms with Gasteiger partial charge in [0.25, 0.3) is 0 Å². The van der Waals surface area contributed by atoms with E-state index in [0.29, 0.717) is 32.6 Å². The predicted molar refractivity (Wildman–Crippen MR) is 70.0 cm³/mol. The number of hydrogen-bond donors (Lipinski definition) is 0. The fourth-order valence-electron chi connectivity index (χ4n) is 2.82. The number of Topliss-reactive ketones (excluding diaryl/α,β-unsaturated/α-hetero) is 1. The van der Waals surface area contributed by atoms with Crippen LogP contribution in [-0.2, 0) is 14.3 Å². The number of ketones is 1. The number of nitrogens with zero attached hydrogens (tertiary/aromatic N) is 1. The molecule has 0 radical (unpaired) electrons. The summed E-state index contributed by atoms with van der Waals surface area (Å²) in [5.41, 5.74) is -0.888. The summed E-state index contributed by atoms with van der Waals surface area (Å²) in [6.45, 7) is 7.25. The van der Waals surface area contributed by atoms with Gasteiger partial charge in [0.05, 0.1) is 5.54 Å². The molecule has 5 heteroatoms. The van der Waals surface area contributed by atoms with E-state index in [1.807, 2.05) is 20.8 Å². The Labute approximate surface area is 114 Å². The first-order valence-electron chi connectivity index (χ1n) is 6.93. The van der Waals surface area contributed by atoms with E-state index in [-0.39, 0.29) is 17.4 Å². The van der Waals surface area contributed by atoms with E-state index in [0.717, 1.165) is 12.8 Å². The number of piperidine rings is 1. The third kappa shape index (κ3) is 3.26. The highest BCUT2D eigenvalue weighted by Crippen LogP contribution is 2.36. The SMILES string of the molecule is CC(C)(C)OC(=O)N1CCC(=O)CC12CCOCC2. The number of carbonyl (C=O) groups is 2. The van der Waals surface area contributed by atoms with Crippen molar-refractivity contribution >= 4 is 11.9 Å². The van der Waals surface area contributed by atoms with Gasteiger partial charge in [0.1, 0.15) is 11.4 Å². The van der Waals surface area contributed by atoms with Crippen molar-refractivity contribution in [1.29, 1.82) is 0 Å². The molecule has 2 fully saturated rings. The van der Waals surface area contributed by atoms with E-state index >= 15 is 0 Å². The lowest BCUT2D eigenvalue weighted by Gasteiger charge is -2.48. The quantitative estimate of drug-likeness (QED) is 0.676. The maximum absolute atomic E-state index is 12.3. The smallest absolute Gasteiger partial charge is 0.410 e. The topological polar surface area (TPSA) is 55.8 Å². The summed E-state index contributed by atoms with van der Waals surface area (Å²) < 4.78 is 10.8. The first-order valence-corrected chi connectivity index (χ1v) is 6.93. The van der Waals surface area contributed by atoms with Gasteiger partial charge in [0.15, 0.2) is 0 Å². The highest BCUT2D eigenvalue weighted by Gasteiger charge is 2.46. The van der Waals surface area contributed by atoms with Gasteiger partial charge in [0, 0.05) is 32.6 Å². The van der Waals surface area contributed by atoms with Crippen LogP contribution in [0.4, 0.5) is 4.79 Å². The zero-order valence-electron chi connectivity index (χ0n) is 12.0. The van der Waals surface area contributed by atoms with Gasteiger partial charge in [-0.3, -0.25) is 4.79 Å². The molecule has 0 unspecified atom stereocenters. The molecule has 108 valence electrons. The molecule has 2 heterocycles. The molecule has 0 aromatic rings. The second kappa shape index (κ2) is 5.12. The molecule has 2 rings (SSSR count). The van der Waals surface area contributed by atoms with Crippen LogP contribution in [0.5, 0.6) is 0 Å². The molecule has 2 saturated heterocycles. The van der Waals surface area contributed by atoms with Crippen molar-refractivity contribution in [2.75, 3.05) is 19.8 Å². The number of ether oxygens (including phenoxy) is 2. The molecule has 1 spiro atoms. The zero-order chi connectivity index (χ0) is 14.1. The summed E-state index contributed by atoms with van der Waals surface area (Å²) in [7, 11) is 0. The Morgan fingerprint density at radius 2 is 1.95 bits per heavy atom. The van der Waals surface area contributed by atoms with E-state index in [1.165, 1.54) is 0 Å². The average molecular weight is 269 g/mol. The van der Waals surface area contributed by atoms with Crippen molar-refractivity contribution in [2.24, 2.45) is 0 Å². The van der Waals surface area contributed by atoms with Crippen molar-refractivity contribution in [1.82, 2.24) is 4.90 Å². The van der Waals surface area contributed by atoms with Gasteiger partial charge in [0.2, 0.25) is 0 Å². The number of amides is 1. The second-order valence-electron chi connectivity index (χ2n) is 6.43. The van der Waals surface area contributed by atoms with Crippen molar-refractivity contribution in [3.63, 3.8) is 0 Å². The average Bonchev–Trinajstić information content (AvgIpc) is 2.27. The van der Waals surface area contributed by atoms with E-state index < -0.39 is 5.60 Å². The van der Waals surface area contributed by atoms with Crippen LogP contribution in [0.25, 0.3) is 0 Å². The Bertz CT molecular complexity index is 366. The van der Waals surface area contributed by atoms with Gasteiger partial charge in [-0.15, -0.1) is 0 Å². The summed E-state index contributed by atoms with van der Waals surface area (Å²) in [4.78, 5) is 25.9. The lowest BCUT2D eigenvalue weighted by atomic mass is 9.80. The molecule has 1 amide bonds. The van der Waals surface area contributed by atoms with Crippen LogP contribution in [0.1, 0.15) is 46.5 Å². The number of rotatable bonds is 0. The highest BCUT2D eigenvalue weighted by atomic mass is 16.6. The maximum Gasteiger partial charge on any atom is 0.410 e. The molecule has 0 saturated carbocycles. The van der Waals surface area contributed by atoms with Gasteiger partial charge in [-0.1, -0.05) is 0 Å². The number of carbonyl (C=O) groups excluding carboxylic acids is 2. The van der Waals surface area contributed by atoms with Crippen LogP contribution in [-0.4, -0.2) is 47.7 Å². The van der Waals surface area contributed by atoms with Crippen molar-refractivity contribution in [3.8, 4) is 0 Å². The molecule has 0 aromatic heterocycles. The third-order valence-electron chi connectivity index (χ3n) is 3.75. The lowest BCUT2D eigenvalue weighted by molar-refractivity contribution is -0.130. The first kappa shape index (κ1) is 14.3. The molecule has 2 aliphatic heterocycles. The fraction of sp³-hybridized carbons (Fsp3) is 0.857. The number of likely N-dealkylation sites (tertiary alicyclic amines) is 1. The Morgan fingerprint density at radius 1 is 1.32 bits per heavy atom. The molecule has 0 N–H and O–H groups in total. The zero-order valence-corrected chi connectivity index (χ0v) is 12.0. The molecular formula is C14H23NO4. The van der Waals surface area contributed by atoms with Gasteiger partial charge in [-0.05, 0) is 33.6 Å². The molecule has 2 aliphatic rings. The lowest BCUT2D eigenvalue weighted by Crippen LogP contribution is -2.59. The second-order valence-corrected chi connectivity index (χ2v) is 6.43. The minimum atomic E-state index is -0.509. The fourth-order valence-corrected chi connectivity index (χ4v) is 2.82. The van der Waals surface area contributed by atoms with Crippen molar-refractivity contribution in [3.05, 3.63) is 0 Å². The molecular weight excluding hydrogens is 246 g/mol. The Kier molecular flexibility index (Phi) is 3.85. The number of hydrogen-bond acceptors (Lipinski definition) is 4. The largest absolute Gasteiger partial charge is 0.444 e. The van der Waals surface area contributed by atoms with Crippen LogP contribution in [0.2, 0.25) is 0 Å². The minimum Gasteiger partial charge on any atom is -0.444 e. The van der Waals surface area contributed by atoms with Gasteiger partial charge >= 0.3 is 6.09 Å². The Balaban J connectivity index is 2.16. The first-order chi connectivity index (χ1) is 8.82. The normalized spacial score (nSPS) is 23.5. The monoisotopic (exact) mass is 269 g/mol. The van der Waals surface area contributed by atoms with Crippen LogP contribution in [0, 0.1) is 0 Å². The van der Waals surface area contributed by atoms with Crippen LogP contribution in [0.15, 0.2) is 0 Å². The molecule has 0 aromatic carbocycles. The summed E-state index contributed by atoms with van der Waals surface area (Å²) in [6, 6.07) is 0. The van der Waals surface area contributed by atoms with Crippen LogP contribution in [0.3, 0.4) is 0 Å². The third-order valence-corrected chi connectivity index (χ3v) is 3.75. The van der Waals surface area contributed by atoms with Crippen LogP contribution >= 0.6 is 0 Å². The molecule has 0 bridgehead atoms. The van der Waals surface area contributed by atoms with E-state index in [4.69, 9.17) is 9.47 Å². The highest BCUT2D eigenvalue weighted by molar-refractivity contribution is 5.83. The van der Waals surface area contributed by atoms with E-state index in [2.05, 4.69) is 0 Å². The molecule has 19 heavy (non-hydrogen) atoms. The van der Waals surface area contributed by atoms with E-state index in [1.54, 1.807) is 4.90 Å². The van der Waals surface area contributed by atoms with Gasteiger partial charge in [-0.25, -0.2) is 4.79 Å². The Hall–Kier alpha value is -1.10.